The largest absolute Gasteiger partial charge is 0.390 e. The highest BCUT2D eigenvalue weighted by Crippen LogP contribution is 2.32. The third kappa shape index (κ3) is 1.63. The van der Waals surface area contributed by atoms with Gasteiger partial charge in [0.15, 0.2) is 0 Å². The Morgan fingerprint density at radius 3 is 2.36 bits per heavy atom. The van der Waals surface area contributed by atoms with E-state index in [0.717, 1.165) is 15.6 Å². The SMILES string of the molecule is Cc1c(-c2ccc(Cl)cc2)csc1N. The van der Waals surface area contributed by atoms with Crippen molar-refractivity contribution in [1.29, 1.82) is 0 Å². The molecule has 72 valence electrons. The summed E-state index contributed by atoms with van der Waals surface area (Å²) in [7, 11) is 0. The van der Waals surface area contributed by atoms with Crippen molar-refractivity contribution in [3.63, 3.8) is 0 Å². The van der Waals surface area contributed by atoms with Gasteiger partial charge in [0.05, 0.1) is 5.00 Å². The molecule has 0 aliphatic rings. The first kappa shape index (κ1) is 9.56. The summed E-state index contributed by atoms with van der Waals surface area (Å²) in [5.74, 6) is 0. The number of rotatable bonds is 1. The van der Waals surface area contributed by atoms with Gasteiger partial charge in [-0.05, 0) is 35.7 Å². The molecule has 0 aliphatic carbocycles. The average molecular weight is 224 g/mol. The van der Waals surface area contributed by atoms with Crippen LogP contribution in [0.2, 0.25) is 5.02 Å². The van der Waals surface area contributed by atoms with E-state index in [-0.39, 0.29) is 0 Å². The zero-order chi connectivity index (χ0) is 10.1. The molecule has 0 bridgehead atoms. The first-order valence-electron chi connectivity index (χ1n) is 4.28. The van der Waals surface area contributed by atoms with Crippen molar-refractivity contribution in [3.8, 4) is 11.1 Å². The van der Waals surface area contributed by atoms with Crippen molar-refractivity contribution in [3.05, 3.63) is 40.2 Å². The van der Waals surface area contributed by atoms with E-state index in [1.165, 1.54) is 11.1 Å². The predicted molar refractivity (Wildman–Crippen MR) is 63.9 cm³/mol. The highest BCUT2D eigenvalue weighted by molar-refractivity contribution is 7.14. The molecule has 3 heteroatoms. The molecule has 2 N–H and O–H groups in total. The van der Waals surface area contributed by atoms with Crippen molar-refractivity contribution in [2.75, 3.05) is 5.73 Å². The highest BCUT2D eigenvalue weighted by atomic mass is 35.5. The fourth-order valence-electron chi connectivity index (χ4n) is 1.35. The second kappa shape index (κ2) is 3.64. The van der Waals surface area contributed by atoms with Crippen molar-refractivity contribution in [2.45, 2.75) is 6.92 Å². The summed E-state index contributed by atoms with van der Waals surface area (Å²) >= 11 is 7.40. The Hall–Kier alpha value is -0.990. The van der Waals surface area contributed by atoms with Gasteiger partial charge < -0.3 is 5.73 Å². The number of anilines is 1. The van der Waals surface area contributed by atoms with Crippen LogP contribution in [0, 0.1) is 6.92 Å². The first-order valence-corrected chi connectivity index (χ1v) is 5.54. The number of hydrogen-bond donors (Lipinski definition) is 1. The molecule has 0 aliphatic heterocycles. The molecule has 2 rings (SSSR count). The van der Waals surface area contributed by atoms with Crippen LogP contribution in [0.3, 0.4) is 0 Å². The van der Waals surface area contributed by atoms with Gasteiger partial charge >= 0.3 is 0 Å². The highest BCUT2D eigenvalue weighted by Gasteiger charge is 2.06. The van der Waals surface area contributed by atoms with Crippen LogP contribution in [0.15, 0.2) is 29.6 Å². The molecule has 0 saturated carbocycles. The molecule has 0 amide bonds. The second-order valence-electron chi connectivity index (χ2n) is 3.15. The fourth-order valence-corrected chi connectivity index (χ4v) is 2.32. The van der Waals surface area contributed by atoms with Crippen LogP contribution in [-0.2, 0) is 0 Å². The van der Waals surface area contributed by atoms with Crippen LogP contribution in [0.25, 0.3) is 11.1 Å². The van der Waals surface area contributed by atoms with Gasteiger partial charge in [0.25, 0.3) is 0 Å². The average Bonchev–Trinajstić information content (AvgIpc) is 2.50. The molecule has 0 radical (unpaired) electrons. The summed E-state index contributed by atoms with van der Waals surface area (Å²) in [6.45, 7) is 2.04. The van der Waals surface area contributed by atoms with Crippen molar-refractivity contribution >= 4 is 27.9 Å². The van der Waals surface area contributed by atoms with Gasteiger partial charge in [0.1, 0.15) is 0 Å². The van der Waals surface area contributed by atoms with Gasteiger partial charge in [-0.1, -0.05) is 23.7 Å². The Balaban J connectivity index is 2.49. The minimum Gasteiger partial charge on any atom is -0.390 e. The van der Waals surface area contributed by atoms with Crippen LogP contribution in [0.4, 0.5) is 5.00 Å². The Bertz CT molecular complexity index is 445. The van der Waals surface area contributed by atoms with Gasteiger partial charge in [-0.3, -0.25) is 0 Å². The number of nitrogens with two attached hydrogens (primary N) is 1. The molecule has 0 atom stereocenters. The molecule has 0 spiro atoms. The van der Waals surface area contributed by atoms with Crippen LogP contribution in [0.1, 0.15) is 5.56 Å². The molecule has 1 aromatic heterocycles. The van der Waals surface area contributed by atoms with E-state index in [1.54, 1.807) is 11.3 Å². The van der Waals surface area contributed by atoms with Crippen molar-refractivity contribution in [2.24, 2.45) is 0 Å². The fraction of sp³-hybridized carbons (Fsp3) is 0.0909. The van der Waals surface area contributed by atoms with E-state index in [2.05, 4.69) is 5.38 Å². The third-order valence-corrected chi connectivity index (χ3v) is 3.40. The summed E-state index contributed by atoms with van der Waals surface area (Å²) in [4.78, 5) is 0. The molecule has 1 aromatic carbocycles. The summed E-state index contributed by atoms with van der Waals surface area (Å²) in [5.41, 5.74) is 9.32. The van der Waals surface area contributed by atoms with Gasteiger partial charge in [0, 0.05) is 10.4 Å². The zero-order valence-electron chi connectivity index (χ0n) is 7.75. The smallest absolute Gasteiger partial charge is 0.0892 e. The predicted octanol–water partition coefficient (Wildman–Crippen LogP) is 3.96. The molecule has 0 unspecified atom stereocenters. The van der Waals surface area contributed by atoms with E-state index in [4.69, 9.17) is 17.3 Å². The molecule has 2 aromatic rings. The van der Waals surface area contributed by atoms with Crippen LogP contribution in [0.5, 0.6) is 0 Å². The maximum Gasteiger partial charge on any atom is 0.0892 e. The van der Waals surface area contributed by atoms with Crippen molar-refractivity contribution < 1.29 is 0 Å². The standard InChI is InChI=1S/C11H10ClNS/c1-7-10(6-14-11(7)13)8-2-4-9(12)5-3-8/h2-6H,13H2,1H3. The van der Waals surface area contributed by atoms with E-state index in [0.29, 0.717) is 0 Å². The lowest BCUT2D eigenvalue weighted by Gasteiger charge is -2.00. The first-order chi connectivity index (χ1) is 6.68. The summed E-state index contributed by atoms with van der Waals surface area (Å²) in [5, 5.41) is 3.72. The lowest BCUT2D eigenvalue weighted by atomic mass is 10.1. The Morgan fingerprint density at radius 1 is 1.21 bits per heavy atom. The maximum absolute atomic E-state index is 5.82. The molecule has 14 heavy (non-hydrogen) atoms. The van der Waals surface area contributed by atoms with Crippen LogP contribution in [-0.4, -0.2) is 0 Å². The third-order valence-electron chi connectivity index (χ3n) is 2.23. The minimum absolute atomic E-state index is 0.759. The summed E-state index contributed by atoms with van der Waals surface area (Å²) in [6.07, 6.45) is 0. The molecular weight excluding hydrogens is 214 g/mol. The second-order valence-corrected chi connectivity index (χ2v) is 4.49. The van der Waals surface area contributed by atoms with Gasteiger partial charge in [-0.25, -0.2) is 0 Å². The number of thiophene rings is 1. The van der Waals surface area contributed by atoms with E-state index >= 15 is 0 Å². The molecule has 1 nitrogen and oxygen atoms in total. The number of nitrogen functional groups attached to an aromatic ring is 1. The van der Waals surface area contributed by atoms with E-state index < -0.39 is 0 Å². The normalized spacial score (nSPS) is 10.4. The van der Waals surface area contributed by atoms with Gasteiger partial charge in [-0.15, -0.1) is 11.3 Å². The van der Waals surface area contributed by atoms with Gasteiger partial charge in [-0.2, -0.15) is 0 Å². The molecule has 1 heterocycles. The summed E-state index contributed by atoms with van der Waals surface area (Å²) in [6, 6.07) is 7.81. The lowest BCUT2D eigenvalue weighted by molar-refractivity contribution is 1.53. The minimum atomic E-state index is 0.759. The quantitative estimate of drug-likeness (QED) is 0.778. The maximum atomic E-state index is 5.82. The van der Waals surface area contributed by atoms with Crippen LogP contribution >= 0.6 is 22.9 Å². The lowest BCUT2D eigenvalue weighted by Crippen LogP contribution is -1.83. The molecular formula is C11H10ClNS. The number of hydrogen-bond acceptors (Lipinski definition) is 2. The Morgan fingerprint density at radius 2 is 1.86 bits per heavy atom. The Labute approximate surface area is 92.1 Å². The summed E-state index contributed by atoms with van der Waals surface area (Å²) < 4.78 is 0. The molecule has 0 saturated heterocycles. The monoisotopic (exact) mass is 223 g/mol. The Kier molecular flexibility index (Phi) is 2.48. The topological polar surface area (TPSA) is 26.0 Å². The van der Waals surface area contributed by atoms with Crippen molar-refractivity contribution in [1.82, 2.24) is 0 Å². The van der Waals surface area contributed by atoms with E-state index in [9.17, 15) is 0 Å². The number of halogens is 1. The van der Waals surface area contributed by atoms with Crippen LogP contribution < -0.4 is 5.73 Å². The van der Waals surface area contributed by atoms with E-state index in [1.807, 2.05) is 31.2 Å². The number of benzene rings is 1. The molecule has 0 fully saturated rings. The van der Waals surface area contributed by atoms with Gasteiger partial charge in [0.2, 0.25) is 0 Å². The zero-order valence-corrected chi connectivity index (χ0v) is 9.32.